The molecule has 7 nitrogen and oxygen atoms in total. The van der Waals surface area contributed by atoms with E-state index >= 15 is 0 Å². The van der Waals surface area contributed by atoms with Gasteiger partial charge in [0.2, 0.25) is 5.91 Å². The molecule has 21 heavy (non-hydrogen) atoms. The molecule has 0 bridgehead atoms. The lowest BCUT2D eigenvalue weighted by Gasteiger charge is -2.12. The number of amides is 2. The lowest BCUT2D eigenvalue weighted by molar-refractivity contribution is -0.117. The van der Waals surface area contributed by atoms with Gasteiger partial charge < -0.3 is 10.2 Å². The number of carbonyl (C=O) groups excluding carboxylic acids is 2. The van der Waals surface area contributed by atoms with Crippen molar-refractivity contribution < 1.29 is 9.59 Å². The summed E-state index contributed by atoms with van der Waals surface area (Å²) in [5.74, 6) is 0.102. The minimum atomic E-state index is -0.0533. The summed E-state index contributed by atoms with van der Waals surface area (Å²) in [6.45, 7) is 1.58. The molecular weight excluding hydrogens is 290 g/mol. The van der Waals surface area contributed by atoms with E-state index in [0.29, 0.717) is 16.5 Å². The molecule has 110 valence electrons. The lowest BCUT2D eigenvalue weighted by atomic mass is 10.3. The number of H-pyrrole nitrogens is 1. The molecule has 8 heteroatoms. The predicted octanol–water partition coefficient (Wildman–Crippen LogP) is 1.60. The highest BCUT2D eigenvalue weighted by Gasteiger charge is 2.31. The Kier molecular flexibility index (Phi) is 2.91. The maximum atomic E-state index is 12.4. The second-order valence-corrected chi connectivity index (χ2v) is 6.53. The molecule has 1 saturated carbocycles. The maximum Gasteiger partial charge on any atom is 0.275 e. The smallest absolute Gasteiger partial charge is 0.275 e. The number of aromatic nitrogens is 3. The fraction of sp³-hybridized carbons (Fsp3) is 0.538. The fourth-order valence-corrected chi connectivity index (χ4v) is 3.44. The largest absolute Gasteiger partial charge is 0.337 e. The highest BCUT2D eigenvalue weighted by Crippen LogP contribution is 2.33. The SMILES string of the molecule is O=C(Nc1nc2[nH]nc(C(=O)N3CCCC3)c2s1)C1CC1. The molecule has 0 atom stereocenters. The van der Waals surface area contributed by atoms with Crippen molar-refractivity contribution in [2.75, 3.05) is 18.4 Å². The first kappa shape index (κ1) is 12.8. The van der Waals surface area contributed by atoms with Crippen molar-refractivity contribution in [1.29, 1.82) is 0 Å². The average Bonchev–Trinajstić information content (AvgIpc) is 2.87. The standard InChI is InChI=1S/C13H15N5O2S/c19-11(7-3-4-7)15-13-14-10-9(21-13)8(16-17-10)12(20)18-5-1-2-6-18/h7H,1-6H2,(H2,14,15,16,17,19). The van der Waals surface area contributed by atoms with Crippen LogP contribution >= 0.6 is 11.3 Å². The van der Waals surface area contributed by atoms with E-state index in [1.165, 1.54) is 11.3 Å². The number of anilines is 1. The molecule has 1 aliphatic heterocycles. The van der Waals surface area contributed by atoms with Crippen LogP contribution in [-0.2, 0) is 4.79 Å². The second kappa shape index (κ2) is 4.80. The van der Waals surface area contributed by atoms with Crippen LogP contribution in [0.3, 0.4) is 0 Å². The summed E-state index contributed by atoms with van der Waals surface area (Å²) in [7, 11) is 0. The van der Waals surface area contributed by atoms with E-state index in [-0.39, 0.29) is 17.7 Å². The molecule has 0 spiro atoms. The summed E-state index contributed by atoms with van der Waals surface area (Å²) in [4.78, 5) is 30.3. The molecule has 3 heterocycles. The monoisotopic (exact) mass is 305 g/mol. The molecule has 1 saturated heterocycles. The molecule has 2 fully saturated rings. The van der Waals surface area contributed by atoms with Crippen molar-refractivity contribution in [2.45, 2.75) is 25.7 Å². The Morgan fingerprint density at radius 1 is 1.29 bits per heavy atom. The Morgan fingerprint density at radius 2 is 2.05 bits per heavy atom. The van der Waals surface area contributed by atoms with Gasteiger partial charge >= 0.3 is 0 Å². The van der Waals surface area contributed by atoms with Crippen LogP contribution in [0.1, 0.15) is 36.2 Å². The number of hydrogen-bond acceptors (Lipinski definition) is 5. The zero-order valence-electron chi connectivity index (χ0n) is 11.4. The van der Waals surface area contributed by atoms with E-state index in [1.807, 2.05) is 4.90 Å². The van der Waals surface area contributed by atoms with Gasteiger partial charge in [-0.15, -0.1) is 0 Å². The Balaban J connectivity index is 1.59. The van der Waals surface area contributed by atoms with Crippen molar-refractivity contribution in [3.63, 3.8) is 0 Å². The van der Waals surface area contributed by atoms with Crippen molar-refractivity contribution in [1.82, 2.24) is 20.1 Å². The molecule has 2 aliphatic rings. The van der Waals surface area contributed by atoms with Crippen LogP contribution < -0.4 is 5.32 Å². The molecule has 1 aliphatic carbocycles. The first-order chi connectivity index (χ1) is 10.2. The molecule has 2 N–H and O–H groups in total. The van der Waals surface area contributed by atoms with E-state index in [1.54, 1.807) is 0 Å². The normalized spacial score (nSPS) is 18.4. The van der Waals surface area contributed by atoms with Crippen LogP contribution in [0.25, 0.3) is 10.3 Å². The summed E-state index contributed by atoms with van der Waals surface area (Å²) in [5.41, 5.74) is 0.977. The predicted molar refractivity (Wildman–Crippen MR) is 78.3 cm³/mol. The van der Waals surface area contributed by atoms with Crippen molar-refractivity contribution >= 4 is 38.6 Å². The zero-order valence-corrected chi connectivity index (χ0v) is 12.2. The molecule has 4 rings (SSSR count). The first-order valence-electron chi connectivity index (χ1n) is 7.17. The van der Waals surface area contributed by atoms with Crippen LogP contribution in [0.2, 0.25) is 0 Å². The third-order valence-corrected chi connectivity index (χ3v) is 4.87. The second-order valence-electron chi connectivity index (χ2n) is 5.53. The van der Waals surface area contributed by atoms with E-state index < -0.39 is 0 Å². The number of carbonyl (C=O) groups is 2. The summed E-state index contributed by atoms with van der Waals surface area (Å²) in [5, 5.41) is 10.2. The fourth-order valence-electron chi connectivity index (χ4n) is 2.54. The summed E-state index contributed by atoms with van der Waals surface area (Å²) in [6, 6.07) is 0. The molecule has 0 unspecified atom stereocenters. The minimum absolute atomic E-state index is 0.0202. The van der Waals surface area contributed by atoms with Crippen molar-refractivity contribution in [2.24, 2.45) is 5.92 Å². The van der Waals surface area contributed by atoms with Crippen LogP contribution in [0, 0.1) is 5.92 Å². The average molecular weight is 305 g/mol. The quantitative estimate of drug-likeness (QED) is 0.901. The van der Waals surface area contributed by atoms with Gasteiger partial charge in [-0.25, -0.2) is 4.98 Å². The first-order valence-corrected chi connectivity index (χ1v) is 7.99. The van der Waals surface area contributed by atoms with Crippen LogP contribution in [0.15, 0.2) is 0 Å². The third-order valence-electron chi connectivity index (χ3n) is 3.89. The Labute approximate surface area is 124 Å². The topological polar surface area (TPSA) is 91.0 Å². The van der Waals surface area contributed by atoms with Gasteiger partial charge in [-0.2, -0.15) is 5.10 Å². The number of rotatable bonds is 3. The number of likely N-dealkylation sites (tertiary alicyclic amines) is 1. The molecule has 2 aromatic heterocycles. The summed E-state index contributed by atoms with van der Waals surface area (Å²) in [6.07, 6.45) is 4.00. The molecule has 0 aromatic carbocycles. The van der Waals surface area contributed by atoms with Gasteiger partial charge in [0.05, 0.1) is 0 Å². The Bertz CT molecular complexity index is 711. The highest BCUT2D eigenvalue weighted by molar-refractivity contribution is 7.22. The molecule has 2 aromatic rings. The number of nitrogens with one attached hydrogen (secondary N) is 2. The summed E-state index contributed by atoms with van der Waals surface area (Å²) >= 11 is 1.31. The van der Waals surface area contributed by atoms with Crippen LogP contribution in [0.5, 0.6) is 0 Å². The van der Waals surface area contributed by atoms with Crippen molar-refractivity contribution in [3.05, 3.63) is 5.69 Å². The number of aromatic amines is 1. The van der Waals surface area contributed by atoms with Crippen LogP contribution in [0.4, 0.5) is 5.13 Å². The Hall–Kier alpha value is -1.96. The number of hydrogen-bond donors (Lipinski definition) is 2. The van der Waals surface area contributed by atoms with E-state index in [2.05, 4.69) is 20.5 Å². The van der Waals surface area contributed by atoms with Gasteiger partial charge in [0.1, 0.15) is 4.70 Å². The number of nitrogens with zero attached hydrogens (tertiary/aromatic N) is 3. The lowest BCUT2D eigenvalue weighted by Crippen LogP contribution is -2.27. The molecule has 0 radical (unpaired) electrons. The van der Waals surface area contributed by atoms with Gasteiger partial charge in [-0.05, 0) is 25.7 Å². The van der Waals surface area contributed by atoms with E-state index in [0.717, 1.165) is 43.5 Å². The van der Waals surface area contributed by atoms with Gasteiger partial charge in [0.15, 0.2) is 16.5 Å². The Morgan fingerprint density at radius 3 is 2.76 bits per heavy atom. The molecule has 2 amide bonds. The maximum absolute atomic E-state index is 12.4. The third kappa shape index (κ3) is 2.29. The summed E-state index contributed by atoms with van der Waals surface area (Å²) < 4.78 is 0.720. The van der Waals surface area contributed by atoms with E-state index in [9.17, 15) is 9.59 Å². The molecular formula is C13H15N5O2S. The van der Waals surface area contributed by atoms with Gasteiger partial charge in [-0.1, -0.05) is 11.3 Å². The zero-order chi connectivity index (χ0) is 14.4. The van der Waals surface area contributed by atoms with E-state index in [4.69, 9.17) is 0 Å². The van der Waals surface area contributed by atoms with Gasteiger partial charge in [0.25, 0.3) is 5.91 Å². The highest BCUT2D eigenvalue weighted by atomic mass is 32.1. The van der Waals surface area contributed by atoms with Gasteiger partial charge in [-0.3, -0.25) is 14.7 Å². The van der Waals surface area contributed by atoms with Crippen molar-refractivity contribution in [3.8, 4) is 0 Å². The number of thiazole rings is 1. The van der Waals surface area contributed by atoms with Gasteiger partial charge in [0, 0.05) is 19.0 Å². The minimum Gasteiger partial charge on any atom is -0.337 e. The number of fused-ring (bicyclic) bond motifs is 1. The van der Waals surface area contributed by atoms with Crippen LogP contribution in [-0.4, -0.2) is 45.0 Å².